The molecule has 2 aromatic heterocycles. The Labute approximate surface area is 130 Å². The monoisotopic (exact) mass is 301 g/mol. The number of rotatable bonds is 2. The summed E-state index contributed by atoms with van der Waals surface area (Å²) in [5.74, 6) is 0.0711. The standard InChI is InChI=1S/C17H23N3O2/c1-11-14-8-12(10-18-15(14)22-19-11)16(21)20-7-5-6-13(20)9-17(2,3)4/h8,10,13H,5-7,9H2,1-4H3. The predicted molar refractivity (Wildman–Crippen MR) is 84.7 cm³/mol. The second-order valence-electron chi connectivity index (χ2n) is 7.40. The first-order valence-electron chi connectivity index (χ1n) is 7.88. The van der Waals surface area contributed by atoms with E-state index < -0.39 is 0 Å². The van der Waals surface area contributed by atoms with Crippen LogP contribution in [0.5, 0.6) is 0 Å². The van der Waals surface area contributed by atoms with Gasteiger partial charge in [0.15, 0.2) is 0 Å². The van der Waals surface area contributed by atoms with Crippen molar-refractivity contribution in [1.82, 2.24) is 15.0 Å². The maximum absolute atomic E-state index is 12.9. The minimum absolute atomic E-state index is 0.0711. The Morgan fingerprint density at radius 3 is 2.95 bits per heavy atom. The van der Waals surface area contributed by atoms with Gasteiger partial charge in [-0.25, -0.2) is 4.98 Å². The van der Waals surface area contributed by atoms with Crippen LogP contribution in [0.15, 0.2) is 16.8 Å². The Morgan fingerprint density at radius 1 is 1.45 bits per heavy atom. The van der Waals surface area contributed by atoms with Crippen molar-refractivity contribution in [2.45, 2.75) is 53.0 Å². The van der Waals surface area contributed by atoms with Gasteiger partial charge in [-0.15, -0.1) is 0 Å². The molecule has 1 saturated heterocycles. The van der Waals surface area contributed by atoms with E-state index in [1.165, 1.54) is 0 Å². The van der Waals surface area contributed by atoms with Crippen LogP contribution in [0.4, 0.5) is 0 Å². The maximum Gasteiger partial charge on any atom is 0.257 e. The van der Waals surface area contributed by atoms with Crippen LogP contribution < -0.4 is 0 Å². The molecule has 3 heterocycles. The molecule has 1 fully saturated rings. The molecular weight excluding hydrogens is 278 g/mol. The highest BCUT2D eigenvalue weighted by Crippen LogP contribution is 2.31. The Morgan fingerprint density at radius 2 is 2.23 bits per heavy atom. The van der Waals surface area contributed by atoms with E-state index in [1.54, 1.807) is 6.20 Å². The molecule has 1 aliphatic heterocycles. The normalized spacial score (nSPS) is 19.1. The van der Waals surface area contributed by atoms with Gasteiger partial charge in [0.2, 0.25) is 0 Å². The number of nitrogens with zero attached hydrogens (tertiary/aromatic N) is 3. The molecule has 0 aliphatic carbocycles. The summed E-state index contributed by atoms with van der Waals surface area (Å²) in [6.45, 7) is 9.37. The first-order chi connectivity index (χ1) is 10.3. The van der Waals surface area contributed by atoms with Crippen molar-refractivity contribution in [2.75, 3.05) is 6.54 Å². The Kier molecular flexibility index (Phi) is 3.67. The zero-order valence-electron chi connectivity index (χ0n) is 13.7. The molecule has 1 aliphatic rings. The smallest absolute Gasteiger partial charge is 0.257 e. The van der Waals surface area contributed by atoms with Gasteiger partial charge in [0.1, 0.15) is 0 Å². The first kappa shape index (κ1) is 15.0. The van der Waals surface area contributed by atoms with Crippen LogP contribution in [-0.2, 0) is 0 Å². The lowest BCUT2D eigenvalue weighted by molar-refractivity contribution is 0.0704. The van der Waals surface area contributed by atoms with Gasteiger partial charge in [0, 0.05) is 18.8 Å². The number of carbonyl (C=O) groups is 1. The molecule has 0 N–H and O–H groups in total. The van der Waals surface area contributed by atoms with Gasteiger partial charge < -0.3 is 9.42 Å². The van der Waals surface area contributed by atoms with Gasteiger partial charge in [-0.1, -0.05) is 25.9 Å². The van der Waals surface area contributed by atoms with Crippen molar-refractivity contribution in [3.63, 3.8) is 0 Å². The predicted octanol–water partition coefficient (Wildman–Crippen LogP) is 3.57. The summed E-state index contributed by atoms with van der Waals surface area (Å²) >= 11 is 0. The summed E-state index contributed by atoms with van der Waals surface area (Å²) in [4.78, 5) is 19.1. The van der Waals surface area contributed by atoms with Crippen molar-refractivity contribution >= 4 is 17.0 Å². The Hall–Kier alpha value is -1.91. The van der Waals surface area contributed by atoms with Gasteiger partial charge in [-0.2, -0.15) is 0 Å². The molecule has 0 aromatic carbocycles. The quantitative estimate of drug-likeness (QED) is 0.850. The fraction of sp³-hybridized carbons (Fsp3) is 0.588. The molecule has 5 nitrogen and oxygen atoms in total. The maximum atomic E-state index is 12.9. The van der Waals surface area contributed by atoms with Gasteiger partial charge in [-0.05, 0) is 37.7 Å². The summed E-state index contributed by atoms with van der Waals surface area (Å²) in [6.07, 6.45) is 4.79. The molecule has 0 spiro atoms. The highest BCUT2D eigenvalue weighted by atomic mass is 16.5. The molecule has 0 saturated carbocycles. The van der Waals surface area contributed by atoms with E-state index in [0.717, 1.165) is 36.9 Å². The van der Waals surface area contributed by atoms with E-state index in [0.29, 0.717) is 17.3 Å². The summed E-state index contributed by atoms with van der Waals surface area (Å²) in [7, 11) is 0. The number of aromatic nitrogens is 2. The average Bonchev–Trinajstić information content (AvgIpc) is 3.03. The number of hydrogen-bond acceptors (Lipinski definition) is 4. The lowest BCUT2D eigenvalue weighted by Crippen LogP contribution is -2.37. The van der Waals surface area contributed by atoms with Gasteiger partial charge >= 0.3 is 0 Å². The molecule has 1 atom stereocenters. The molecule has 0 radical (unpaired) electrons. The summed E-state index contributed by atoms with van der Waals surface area (Å²) in [5, 5.41) is 4.71. The third-order valence-electron chi connectivity index (χ3n) is 4.24. The summed E-state index contributed by atoms with van der Waals surface area (Å²) < 4.78 is 5.11. The number of hydrogen-bond donors (Lipinski definition) is 0. The van der Waals surface area contributed by atoms with Crippen LogP contribution in [0.2, 0.25) is 0 Å². The van der Waals surface area contributed by atoms with Crippen molar-refractivity contribution in [3.05, 3.63) is 23.5 Å². The molecule has 118 valence electrons. The van der Waals surface area contributed by atoms with E-state index in [2.05, 4.69) is 30.9 Å². The lowest BCUT2D eigenvalue weighted by Gasteiger charge is -2.30. The van der Waals surface area contributed by atoms with Crippen LogP contribution in [0, 0.1) is 12.3 Å². The van der Waals surface area contributed by atoms with Crippen molar-refractivity contribution in [1.29, 1.82) is 0 Å². The number of fused-ring (bicyclic) bond motifs is 1. The van der Waals surface area contributed by atoms with Crippen molar-refractivity contribution in [3.8, 4) is 0 Å². The average molecular weight is 301 g/mol. The van der Waals surface area contributed by atoms with Crippen LogP contribution in [0.3, 0.4) is 0 Å². The number of amides is 1. The van der Waals surface area contributed by atoms with Gasteiger partial charge in [0.05, 0.1) is 16.6 Å². The number of aryl methyl sites for hydroxylation is 1. The highest BCUT2D eigenvalue weighted by Gasteiger charge is 2.32. The zero-order valence-corrected chi connectivity index (χ0v) is 13.7. The van der Waals surface area contributed by atoms with Crippen LogP contribution >= 0.6 is 0 Å². The van der Waals surface area contributed by atoms with E-state index in [4.69, 9.17) is 4.52 Å². The molecule has 1 amide bonds. The minimum Gasteiger partial charge on any atom is -0.336 e. The second-order valence-corrected chi connectivity index (χ2v) is 7.40. The SMILES string of the molecule is Cc1noc2ncc(C(=O)N3CCCC3CC(C)(C)C)cc12. The van der Waals surface area contributed by atoms with E-state index >= 15 is 0 Å². The molecule has 1 unspecified atom stereocenters. The summed E-state index contributed by atoms with van der Waals surface area (Å²) in [6, 6.07) is 2.18. The third kappa shape index (κ3) is 2.85. The summed E-state index contributed by atoms with van der Waals surface area (Å²) in [5.41, 5.74) is 2.10. The van der Waals surface area contributed by atoms with Crippen molar-refractivity contribution in [2.24, 2.45) is 5.41 Å². The Balaban J connectivity index is 1.86. The molecule has 2 aromatic rings. The van der Waals surface area contributed by atoms with E-state index in [-0.39, 0.29) is 11.3 Å². The van der Waals surface area contributed by atoms with E-state index in [9.17, 15) is 4.79 Å². The third-order valence-corrected chi connectivity index (χ3v) is 4.24. The number of pyridine rings is 1. The molecule has 5 heteroatoms. The van der Waals surface area contributed by atoms with Crippen LogP contribution in [-0.4, -0.2) is 33.5 Å². The molecule has 22 heavy (non-hydrogen) atoms. The molecular formula is C17H23N3O2. The zero-order chi connectivity index (χ0) is 15.9. The lowest BCUT2D eigenvalue weighted by atomic mass is 9.87. The molecule has 0 bridgehead atoms. The fourth-order valence-corrected chi connectivity index (χ4v) is 3.25. The van der Waals surface area contributed by atoms with Gasteiger partial charge in [0.25, 0.3) is 11.6 Å². The second kappa shape index (κ2) is 5.38. The van der Waals surface area contributed by atoms with E-state index in [1.807, 2.05) is 17.9 Å². The number of carbonyl (C=O) groups excluding carboxylic acids is 1. The van der Waals surface area contributed by atoms with Crippen LogP contribution in [0.25, 0.3) is 11.1 Å². The molecule has 3 rings (SSSR count). The van der Waals surface area contributed by atoms with Crippen LogP contribution in [0.1, 0.15) is 56.1 Å². The van der Waals surface area contributed by atoms with Crippen molar-refractivity contribution < 1.29 is 9.32 Å². The number of likely N-dealkylation sites (tertiary alicyclic amines) is 1. The Bertz CT molecular complexity index is 699. The largest absolute Gasteiger partial charge is 0.336 e. The fourth-order valence-electron chi connectivity index (χ4n) is 3.25. The minimum atomic E-state index is 0.0711. The first-order valence-corrected chi connectivity index (χ1v) is 7.88. The van der Waals surface area contributed by atoms with Gasteiger partial charge in [-0.3, -0.25) is 4.79 Å². The highest BCUT2D eigenvalue weighted by molar-refractivity contribution is 5.97. The topological polar surface area (TPSA) is 59.2 Å².